The third kappa shape index (κ3) is 2.33. The Bertz CT molecular complexity index is 938. The fourth-order valence-electron chi connectivity index (χ4n) is 2.73. The standard InChI is InChI=1S/C13H14BrN5O4/c1-16-10-9(11(22)17(2)13(16)23)15-12(14)19(10)6-5-18-7(20)3-4-8(18)21/h3-6H2,1-2H3. The normalized spacial score (nSPS) is 15.2. The fraction of sp³-hybridized carbons (Fsp3) is 0.462. The molecular formula is C13H14BrN5O4. The maximum Gasteiger partial charge on any atom is 0.332 e. The van der Waals surface area contributed by atoms with Crippen LogP contribution in [0.25, 0.3) is 11.2 Å². The van der Waals surface area contributed by atoms with Gasteiger partial charge in [-0.25, -0.2) is 9.78 Å². The van der Waals surface area contributed by atoms with E-state index in [0.717, 1.165) is 4.57 Å². The summed E-state index contributed by atoms with van der Waals surface area (Å²) in [6.07, 6.45) is 0.452. The van der Waals surface area contributed by atoms with Crippen molar-refractivity contribution in [2.45, 2.75) is 19.4 Å². The monoisotopic (exact) mass is 383 g/mol. The van der Waals surface area contributed by atoms with E-state index in [0.29, 0.717) is 10.4 Å². The highest BCUT2D eigenvalue weighted by atomic mass is 79.9. The van der Waals surface area contributed by atoms with Crippen LogP contribution in [0.1, 0.15) is 12.8 Å². The van der Waals surface area contributed by atoms with Gasteiger partial charge in [-0.1, -0.05) is 0 Å². The van der Waals surface area contributed by atoms with E-state index in [-0.39, 0.29) is 43.3 Å². The molecule has 1 aliphatic rings. The van der Waals surface area contributed by atoms with Crippen LogP contribution in [0.2, 0.25) is 0 Å². The van der Waals surface area contributed by atoms with Crippen LogP contribution in [0, 0.1) is 0 Å². The van der Waals surface area contributed by atoms with Gasteiger partial charge in [0, 0.05) is 40.0 Å². The van der Waals surface area contributed by atoms with Crippen molar-refractivity contribution in [2.75, 3.05) is 6.54 Å². The lowest BCUT2D eigenvalue weighted by Gasteiger charge is -2.15. The molecule has 0 saturated carbocycles. The van der Waals surface area contributed by atoms with Crippen LogP contribution >= 0.6 is 15.9 Å². The number of hydrogen-bond donors (Lipinski definition) is 0. The molecule has 3 rings (SSSR count). The zero-order chi connectivity index (χ0) is 16.9. The molecule has 1 saturated heterocycles. The number of aryl methyl sites for hydroxylation is 1. The van der Waals surface area contributed by atoms with Gasteiger partial charge in [0.25, 0.3) is 5.56 Å². The number of carbonyl (C=O) groups is 2. The van der Waals surface area contributed by atoms with E-state index < -0.39 is 11.2 Å². The first-order valence-electron chi connectivity index (χ1n) is 6.98. The molecule has 0 aromatic carbocycles. The average molecular weight is 384 g/mol. The number of likely N-dealkylation sites (tertiary alicyclic amines) is 1. The number of nitrogens with zero attached hydrogens (tertiary/aromatic N) is 5. The predicted octanol–water partition coefficient (Wildman–Crippen LogP) is -0.655. The Balaban J connectivity index is 2.06. The Morgan fingerprint density at radius 3 is 2.22 bits per heavy atom. The highest BCUT2D eigenvalue weighted by Crippen LogP contribution is 2.18. The maximum absolute atomic E-state index is 12.2. The third-order valence-corrected chi connectivity index (χ3v) is 4.60. The van der Waals surface area contributed by atoms with Crippen LogP contribution < -0.4 is 11.2 Å². The Kier molecular flexibility index (Phi) is 3.71. The van der Waals surface area contributed by atoms with E-state index in [2.05, 4.69) is 20.9 Å². The van der Waals surface area contributed by atoms with Crippen LogP contribution in [0.3, 0.4) is 0 Å². The lowest BCUT2D eigenvalue weighted by molar-refractivity contribution is -0.138. The minimum Gasteiger partial charge on any atom is -0.303 e. The molecule has 0 atom stereocenters. The van der Waals surface area contributed by atoms with Crippen molar-refractivity contribution in [3.05, 3.63) is 25.6 Å². The first-order valence-corrected chi connectivity index (χ1v) is 7.77. The van der Waals surface area contributed by atoms with Gasteiger partial charge in [0.15, 0.2) is 15.9 Å². The second-order valence-electron chi connectivity index (χ2n) is 5.35. The van der Waals surface area contributed by atoms with E-state index in [9.17, 15) is 19.2 Å². The van der Waals surface area contributed by atoms with Crippen molar-refractivity contribution in [3.63, 3.8) is 0 Å². The van der Waals surface area contributed by atoms with Gasteiger partial charge in [-0.15, -0.1) is 0 Å². The average Bonchev–Trinajstić information content (AvgIpc) is 3.01. The fourth-order valence-corrected chi connectivity index (χ4v) is 3.26. The largest absolute Gasteiger partial charge is 0.332 e. The number of fused-ring (bicyclic) bond motifs is 1. The van der Waals surface area contributed by atoms with Crippen molar-refractivity contribution < 1.29 is 9.59 Å². The molecule has 2 aromatic heterocycles. The van der Waals surface area contributed by atoms with Gasteiger partial charge in [0.05, 0.1) is 0 Å². The summed E-state index contributed by atoms with van der Waals surface area (Å²) in [6.45, 7) is 0.417. The number of imide groups is 1. The molecular weight excluding hydrogens is 370 g/mol. The molecule has 0 N–H and O–H groups in total. The Morgan fingerprint density at radius 2 is 1.61 bits per heavy atom. The predicted molar refractivity (Wildman–Crippen MR) is 83.9 cm³/mol. The molecule has 0 unspecified atom stereocenters. The lowest BCUT2D eigenvalue weighted by atomic mass is 10.4. The molecule has 122 valence electrons. The SMILES string of the molecule is Cn1c(=O)c2nc(Br)n(CCN3C(=O)CCC3=O)c2n(C)c1=O. The van der Waals surface area contributed by atoms with Crippen molar-refractivity contribution >= 4 is 38.9 Å². The van der Waals surface area contributed by atoms with E-state index >= 15 is 0 Å². The third-order valence-electron chi connectivity index (χ3n) is 4.00. The van der Waals surface area contributed by atoms with E-state index in [1.807, 2.05) is 0 Å². The molecule has 1 aliphatic heterocycles. The number of hydrogen-bond acceptors (Lipinski definition) is 5. The molecule has 3 heterocycles. The summed E-state index contributed by atoms with van der Waals surface area (Å²) >= 11 is 3.27. The van der Waals surface area contributed by atoms with Gasteiger partial charge in [-0.3, -0.25) is 28.4 Å². The number of amides is 2. The summed E-state index contributed by atoms with van der Waals surface area (Å²) in [6, 6.07) is 0. The van der Waals surface area contributed by atoms with Crippen molar-refractivity contribution in [3.8, 4) is 0 Å². The van der Waals surface area contributed by atoms with Gasteiger partial charge in [-0.2, -0.15) is 0 Å². The van der Waals surface area contributed by atoms with Crippen LogP contribution in [0.4, 0.5) is 0 Å². The molecule has 2 amide bonds. The van der Waals surface area contributed by atoms with E-state index in [1.165, 1.54) is 16.5 Å². The van der Waals surface area contributed by atoms with Crippen LogP contribution in [-0.2, 0) is 30.2 Å². The van der Waals surface area contributed by atoms with Gasteiger partial charge >= 0.3 is 5.69 Å². The number of rotatable bonds is 3. The molecule has 0 radical (unpaired) electrons. The lowest BCUT2D eigenvalue weighted by Crippen LogP contribution is -2.38. The second-order valence-corrected chi connectivity index (χ2v) is 6.06. The van der Waals surface area contributed by atoms with E-state index in [4.69, 9.17) is 0 Å². The first kappa shape index (κ1) is 15.7. The summed E-state index contributed by atoms with van der Waals surface area (Å²) in [4.78, 5) is 52.9. The summed E-state index contributed by atoms with van der Waals surface area (Å²) in [5.41, 5.74) is -0.454. The minimum absolute atomic E-state index is 0.153. The maximum atomic E-state index is 12.2. The van der Waals surface area contributed by atoms with Crippen LogP contribution in [0.5, 0.6) is 0 Å². The molecule has 1 fully saturated rings. The number of halogens is 1. The minimum atomic E-state index is -0.490. The van der Waals surface area contributed by atoms with Gasteiger partial charge < -0.3 is 4.57 Å². The number of carbonyl (C=O) groups excluding carboxylic acids is 2. The van der Waals surface area contributed by atoms with Crippen molar-refractivity contribution in [2.24, 2.45) is 14.1 Å². The van der Waals surface area contributed by atoms with Crippen molar-refractivity contribution in [1.29, 1.82) is 0 Å². The van der Waals surface area contributed by atoms with Crippen molar-refractivity contribution in [1.82, 2.24) is 23.6 Å². The smallest absolute Gasteiger partial charge is 0.303 e. The Morgan fingerprint density at radius 1 is 1.00 bits per heavy atom. The van der Waals surface area contributed by atoms with Gasteiger partial charge in [0.1, 0.15) is 0 Å². The summed E-state index contributed by atoms with van der Waals surface area (Å²) < 4.78 is 4.28. The van der Waals surface area contributed by atoms with Crippen LogP contribution in [0.15, 0.2) is 14.3 Å². The highest BCUT2D eigenvalue weighted by Gasteiger charge is 2.29. The molecule has 2 aromatic rings. The zero-order valence-corrected chi connectivity index (χ0v) is 14.2. The Hall–Kier alpha value is -2.23. The topological polar surface area (TPSA) is 99.2 Å². The number of imidazole rings is 1. The zero-order valence-electron chi connectivity index (χ0n) is 12.6. The highest BCUT2D eigenvalue weighted by molar-refractivity contribution is 9.10. The van der Waals surface area contributed by atoms with E-state index in [1.54, 1.807) is 11.6 Å². The molecule has 0 aliphatic carbocycles. The van der Waals surface area contributed by atoms with Gasteiger partial charge in [-0.05, 0) is 15.9 Å². The van der Waals surface area contributed by atoms with Gasteiger partial charge in [0.2, 0.25) is 11.8 Å². The second kappa shape index (κ2) is 5.44. The summed E-state index contributed by atoms with van der Waals surface area (Å²) in [5.74, 6) is -0.416. The number of aromatic nitrogens is 4. The Labute approximate surface area is 138 Å². The molecule has 10 heteroatoms. The molecule has 0 bridgehead atoms. The quantitative estimate of drug-likeness (QED) is 0.517. The summed E-state index contributed by atoms with van der Waals surface area (Å²) in [7, 11) is 2.93. The first-order chi connectivity index (χ1) is 10.8. The molecule has 23 heavy (non-hydrogen) atoms. The molecule has 0 spiro atoms. The van der Waals surface area contributed by atoms with Crippen LogP contribution in [-0.4, -0.2) is 41.9 Å². The summed E-state index contributed by atoms with van der Waals surface area (Å²) in [5, 5.41) is 0. The molecule has 9 nitrogen and oxygen atoms in total.